The highest BCUT2D eigenvalue weighted by molar-refractivity contribution is 6.34. The van der Waals surface area contributed by atoms with Gasteiger partial charge in [-0.3, -0.25) is 0 Å². The van der Waals surface area contributed by atoms with E-state index in [0.29, 0.717) is 5.15 Å². The van der Waals surface area contributed by atoms with Crippen molar-refractivity contribution in [3.8, 4) is 5.75 Å². The summed E-state index contributed by atoms with van der Waals surface area (Å²) < 4.78 is 5.59. The van der Waals surface area contributed by atoms with Gasteiger partial charge in [0.25, 0.3) is 0 Å². The maximum absolute atomic E-state index is 6.00. The van der Waals surface area contributed by atoms with Gasteiger partial charge in [0, 0.05) is 11.6 Å². The lowest BCUT2D eigenvalue weighted by molar-refractivity contribution is 0.243. The number of fused-ring (bicyclic) bond motifs is 1. The van der Waals surface area contributed by atoms with E-state index in [1.807, 2.05) is 38.1 Å². The second-order valence-electron chi connectivity index (χ2n) is 3.65. The van der Waals surface area contributed by atoms with Crippen molar-refractivity contribution in [2.75, 3.05) is 0 Å². The van der Waals surface area contributed by atoms with Crippen LogP contribution in [0.3, 0.4) is 0 Å². The fraction of sp³-hybridized carbons (Fsp3) is 0.250. The first-order valence-corrected chi connectivity index (χ1v) is 5.25. The van der Waals surface area contributed by atoms with Gasteiger partial charge in [0.2, 0.25) is 0 Å². The molecule has 2 nitrogen and oxygen atoms in total. The van der Waals surface area contributed by atoms with E-state index >= 15 is 0 Å². The van der Waals surface area contributed by atoms with Crippen molar-refractivity contribution in [1.29, 1.82) is 0 Å². The van der Waals surface area contributed by atoms with Gasteiger partial charge in [0.1, 0.15) is 10.9 Å². The highest BCUT2D eigenvalue weighted by Gasteiger charge is 2.03. The molecule has 0 aliphatic rings. The quantitative estimate of drug-likeness (QED) is 0.722. The first kappa shape index (κ1) is 10.2. The van der Waals surface area contributed by atoms with Crippen LogP contribution in [-0.4, -0.2) is 11.1 Å². The number of ether oxygens (including phenoxy) is 1. The minimum absolute atomic E-state index is 0.165. The molecule has 2 rings (SSSR count). The summed E-state index contributed by atoms with van der Waals surface area (Å²) in [6.07, 6.45) is 1.87. The van der Waals surface area contributed by atoms with Crippen molar-refractivity contribution in [2.24, 2.45) is 0 Å². The number of rotatable bonds is 2. The molecule has 0 amide bonds. The molecule has 0 atom stereocenters. The predicted octanol–water partition coefficient (Wildman–Crippen LogP) is 3.68. The summed E-state index contributed by atoms with van der Waals surface area (Å²) in [6.45, 7) is 3.99. The number of halogens is 1. The number of hydrogen-bond donors (Lipinski definition) is 0. The Morgan fingerprint density at radius 3 is 2.80 bits per heavy atom. The molecule has 0 fully saturated rings. The largest absolute Gasteiger partial charge is 0.491 e. The molecule has 0 saturated heterocycles. The highest BCUT2D eigenvalue weighted by Crippen LogP contribution is 2.25. The average molecular weight is 222 g/mol. The second-order valence-corrected chi connectivity index (χ2v) is 4.01. The molecule has 0 aliphatic heterocycles. The maximum Gasteiger partial charge on any atom is 0.136 e. The molecule has 1 heterocycles. The Hall–Kier alpha value is -1.28. The zero-order valence-corrected chi connectivity index (χ0v) is 9.45. The number of nitrogens with zero attached hydrogens (tertiary/aromatic N) is 1. The van der Waals surface area contributed by atoms with Crippen molar-refractivity contribution in [2.45, 2.75) is 20.0 Å². The number of hydrogen-bond acceptors (Lipinski definition) is 2. The molecule has 2 aromatic rings. The van der Waals surface area contributed by atoms with Gasteiger partial charge in [-0.05, 0) is 37.4 Å². The molecule has 0 aliphatic carbocycles. The summed E-state index contributed by atoms with van der Waals surface area (Å²) in [5.74, 6) is 0.826. The Morgan fingerprint density at radius 1 is 1.27 bits per heavy atom. The zero-order chi connectivity index (χ0) is 10.8. The van der Waals surface area contributed by atoms with E-state index in [1.165, 1.54) is 0 Å². The molecule has 0 bridgehead atoms. The molecule has 0 unspecified atom stereocenters. The summed E-state index contributed by atoms with van der Waals surface area (Å²) in [6, 6.07) is 7.78. The van der Waals surface area contributed by atoms with Crippen LogP contribution in [0, 0.1) is 0 Å². The van der Waals surface area contributed by atoms with Gasteiger partial charge in [0.05, 0.1) is 6.10 Å². The fourth-order valence-corrected chi connectivity index (χ4v) is 1.68. The molecule has 0 saturated carbocycles. The molecular formula is C12H12ClNO. The Balaban J connectivity index is 2.50. The third-order valence-corrected chi connectivity index (χ3v) is 2.36. The van der Waals surface area contributed by atoms with E-state index in [0.717, 1.165) is 16.5 Å². The van der Waals surface area contributed by atoms with E-state index in [-0.39, 0.29) is 6.10 Å². The van der Waals surface area contributed by atoms with Gasteiger partial charge in [-0.25, -0.2) is 4.98 Å². The standard InChI is InChI=1S/C12H12ClNO/c1-8(2)15-10-4-3-9-5-6-14-12(13)11(9)7-10/h3-8H,1-2H3. The van der Waals surface area contributed by atoms with Crippen LogP contribution < -0.4 is 4.74 Å². The third kappa shape index (κ3) is 2.21. The maximum atomic E-state index is 6.00. The molecule has 78 valence electrons. The van der Waals surface area contributed by atoms with Gasteiger partial charge in [-0.1, -0.05) is 17.7 Å². The summed E-state index contributed by atoms with van der Waals surface area (Å²) in [5, 5.41) is 2.52. The summed E-state index contributed by atoms with van der Waals surface area (Å²) in [4.78, 5) is 4.04. The fourth-order valence-electron chi connectivity index (χ4n) is 1.46. The molecule has 0 spiro atoms. The molecule has 0 radical (unpaired) electrons. The summed E-state index contributed by atoms with van der Waals surface area (Å²) in [7, 11) is 0. The minimum atomic E-state index is 0.165. The number of aromatic nitrogens is 1. The first-order chi connectivity index (χ1) is 7.16. The molecule has 15 heavy (non-hydrogen) atoms. The summed E-state index contributed by atoms with van der Waals surface area (Å²) >= 11 is 6.00. The van der Waals surface area contributed by atoms with E-state index in [1.54, 1.807) is 6.20 Å². The van der Waals surface area contributed by atoms with Crippen LogP contribution >= 0.6 is 11.6 Å². The zero-order valence-electron chi connectivity index (χ0n) is 8.70. The van der Waals surface area contributed by atoms with Gasteiger partial charge in [0.15, 0.2) is 0 Å². The van der Waals surface area contributed by atoms with Crippen molar-refractivity contribution < 1.29 is 4.74 Å². The smallest absolute Gasteiger partial charge is 0.136 e. The van der Waals surface area contributed by atoms with Crippen molar-refractivity contribution >= 4 is 22.4 Å². The predicted molar refractivity (Wildman–Crippen MR) is 62.5 cm³/mol. The van der Waals surface area contributed by atoms with E-state index in [9.17, 15) is 0 Å². The van der Waals surface area contributed by atoms with Crippen LogP contribution in [0.1, 0.15) is 13.8 Å². The van der Waals surface area contributed by atoms with Gasteiger partial charge in [-0.2, -0.15) is 0 Å². The lowest BCUT2D eigenvalue weighted by atomic mass is 10.2. The Kier molecular flexibility index (Phi) is 2.78. The topological polar surface area (TPSA) is 22.1 Å². The number of benzene rings is 1. The number of pyridine rings is 1. The van der Waals surface area contributed by atoms with Crippen molar-refractivity contribution in [3.63, 3.8) is 0 Å². The highest BCUT2D eigenvalue weighted by atomic mass is 35.5. The van der Waals surface area contributed by atoms with E-state index in [4.69, 9.17) is 16.3 Å². The van der Waals surface area contributed by atoms with Crippen LogP contribution in [0.2, 0.25) is 5.15 Å². The lowest BCUT2D eigenvalue weighted by Gasteiger charge is -2.10. The molecule has 3 heteroatoms. The van der Waals surface area contributed by atoms with Crippen LogP contribution in [0.25, 0.3) is 10.8 Å². The van der Waals surface area contributed by atoms with Crippen LogP contribution in [0.15, 0.2) is 30.5 Å². The van der Waals surface area contributed by atoms with E-state index in [2.05, 4.69) is 4.98 Å². The van der Waals surface area contributed by atoms with Crippen LogP contribution in [0.4, 0.5) is 0 Å². The van der Waals surface area contributed by atoms with Crippen molar-refractivity contribution in [3.05, 3.63) is 35.6 Å². The Labute approximate surface area is 93.8 Å². The molecular weight excluding hydrogens is 210 g/mol. The van der Waals surface area contributed by atoms with Gasteiger partial charge < -0.3 is 4.74 Å². The summed E-state index contributed by atoms with van der Waals surface area (Å²) in [5.41, 5.74) is 0. The van der Waals surface area contributed by atoms with E-state index < -0.39 is 0 Å². The lowest BCUT2D eigenvalue weighted by Crippen LogP contribution is -2.05. The van der Waals surface area contributed by atoms with Crippen LogP contribution in [0.5, 0.6) is 5.75 Å². The minimum Gasteiger partial charge on any atom is -0.491 e. The third-order valence-electron chi connectivity index (χ3n) is 2.06. The molecule has 1 aromatic carbocycles. The second kappa shape index (κ2) is 4.07. The average Bonchev–Trinajstić information content (AvgIpc) is 2.18. The van der Waals surface area contributed by atoms with Gasteiger partial charge >= 0.3 is 0 Å². The first-order valence-electron chi connectivity index (χ1n) is 4.88. The van der Waals surface area contributed by atoms with Gasteiger partial charge in [-0.15, -0.1) is 0 Å². The SMILES string of the molecule is CC(C)Oc1ccc2ccnc(Cl)c2c1. The normalized spacial score (nSPS) is 10.9. The van der Waals surface area contributed by atoms with Crippen molar-refractivity contribution in [1.82, 2.24) is 4.98 Å². The molecule has 1 aromatic heterocycles. The monoisotopic (exact) mass is 221 g/mol. The molecule has 0 N–H and O–H groups in total. The van der Waals surface area contributed by atoms with Crippen LogP contribution in [-0.2, 0) is 0 Å². The Morgan fingerprint density at radius 2 is 2.07 bits per heavy atom. The Bertz CT molecular complexity index is 482.